The Morgan fingerprint density at radius 1 is 0.968 bits per heavy atom. The van der Waals surface area contributed by atoms with Gasteiger partial charge in [-0.1, -0.05) is 78.8 Å². The van der Waals surface area contributed by atoms with Gasteiger partial charge in [-0.2, -0.15) is 0 Å². The van der Waals surface area contributed by atoms with Crippen LogP contribution in [0.1, 0.15) is 24.5 Å². The summed E-state index contributed by atoms with van der Waals surface area (Å²) in [5, 5.41) is 13.3. The van der Waals surface area contributed by atoms with Crippen LogP contribution in [-0.2, 0) is 16.1 Å². The summed E-state index contributed by atoms with van der Waals surface area (Å²) < 4.78 is 0. The molecular weight excluding hydrogens is 388 g/mol. The number of hydrogen-bond donors (Lipinski definition) is 1. The number of carboxylic acids is 1. The Morgan fingerprint density at radius 2 is 1.68 bits per heavy atom. The number of oxime groups is 1. The minimum Gasteiger partial charge on any atom is -0.481 e. The largest absolute Gasteiger partial charge is 0.481 e. The maximum atomic E-state index is 10.9. The first-order valence-electron chi connectivity index (χ1n) is 10.4. The molecule has 0 heterocycles. The number of rotatable bonds is 10. The Bertz CT molecular complexity index is 1010. The molecule has 5 heteroatoms. The first-order chi connectivity index (χ1) is 15.1. The molecule has 0 saturated heterocycles. The first kappa shape index (κ1) is 22.1. The fourth-order valence-electron chi connectivity index (χ4n) is 3.32. The third-order valence-electron chi connectivity index (χ3n) is 5.06. The van der Waals surface area contributed by atoms with Crippen LogP contribution in [0.25, 0.3) is 11.1 Å². The molecule has 3 aromatic carbocycles. The fraction of sp³-hybridized carbons (Fsp3) is 0.231. The second-order valence-corrected chi connectivity index (χ2v) is 7.33. The van der Waals surface area contributed by atoms with Crippen molar-refractivity contribution in [1.29, 1.82) is 0 Å². The van der Waals surface area contributed by atoms with Crippen LogP contribution in [-0.4, -0.2) is 37.0 Å². The highest BCUT2D eigenvalue weighted by Crippen LogP contribution is 2.20. The van der Waals surface area contributed by atoms with Crippen molar-refractivity contribution in [3.8, 4) is 11.1 Å². The summed E-state index contributed by atoms with van der Waals surface area (Å²) in [6.07, 6.45) is 0.795. The van der Waals surface area contributed by atoms with E-state index < -0.39 is 5.97 Å². The Labute approximate surface area is 183 Å². The molecule has 3 rings (SSSR count). The van der Waals surface area contributed by atoms with Gasteiger partial charge in [-0.3, -0.25) is 4.79 Å². The van der Waals surface area contributed by atoms with Crippen molar-refractivity contribution in [1.82, 2.24) is 0 Å². The summed E-state index contributed by atoms with van der Waals surface area (Å²) in [6, 6.07) is 26.2. The quantitative estimate of drug-likeness (QED) is 0.279. The maximum Gasteiger partial charge on any atom is 0.307 e. The number of benzene rings is 3. The highest BCUT2D eigenvalue weighted by atomic mass is 16.6. The van der Waals surface area contributed by atoms with Crippen LogP contribution in [0.5, 0.6) is 0 Å². The Morgan fingerprint density at radius 3 is 2.35 bits per heavy atom. The minimum absolute atomic E-state index is 0.0192. The Balaban J connectivity index is 1.56. The average Bonchev–Trinajstić information content (AvgIpc) is 2.79. The Kier molecular flexibility index (Phi) is 7.82. The van der Waals surface area contributed by atoms with Crippen LogP contribution >= 0.6 is 0 Å². The van der Waals surface area contributed by atoms with Gasteiger partial charge >= 0.3 is 5.97 Å². The lowest BCUT2D eigenvalue weighted by molar-refractivity contribution is -0.136. The molecule has 0 aliphatic heterocycles. The third-order valence-corrected chi connectivity index (χ3v) is 5.06. The minimum atomic E-state index is -0.832. The molecule has 0 saturated carbocycles. The topological polar surface area (TPSA) is 62.1 Å². The van der Waals surface area contributed by atoms with Crippen molar-refractivity contribution < 1.29 is 14.7 Å². The molecule has 0 unspecified atom stereocenters. The molecule has 0 bridgehead atoms. The number of nitrogens with zero attached hydrogens (tertiary/aromatic N) is 2. The standard InChI is InChI=1S/C26H28N2O3/c1-3-25(23-14-12-22(13-15-23)21-9-5-4-6-10-21)27-31-17-16-28(2)24-11-7-8-20(18-24)19-26(29)30/h4-15,18H,3,16-17,19H2,1-2H3,(H,29,30). The number of carboxylic acid groups (broad SMARTS) is 1. The lowest BCUT2D eigenvalue weighted by atomic mass is 10.0. The molecule has 0 amide bonds. The molecule has 0 aromatic heterocycles. The zero-order valence-corrected chi connectivity index (χ0v) is 18.0. The van der Waals surface area contributed by atoms with E-state index >= 15 is 0 Å². The van der Waals surface area contributed by atoms with Crippen LogP contribution in [0.3, 0.4) is 0 Å². The van der Waals surface area contributed by atoms with E-state index in [2.05, 4.69) is 48.5 Å². The molecule has 0 aliphatic rings. The van der Waals surface area contributed by atoms with E-state index in [-0.39, 0.29) is 6.42 Å². The summed E-state index contributed by atoms with van der Waals surface area (Å²) in [7, 11) is 1.95. The zero-order chi connectivity index (χ0) is 22.1. The highest BCUT2D eigenvalue weighted by molar-refractivity contribution is 6.00. The van der Waals surface area contributed by atoms with Gasteiger partial charge in [-0.05, 0) is 40.8 Å². The van der Waals surface area contributed by atoms with Crippen molar-refractivity contribution in [2.45, 2.75) is 19.8 Å². The average molecular weight is 417 g/mol. The van der Waals surface area contributed by atoms with Crippen LogP contribution in [0, 0.1) is 0 Å². The number of aliphatic carboxylic acids is 1. The molecule has 1 N–H and O–H groups in total. The van der Waals surface area contributed by atoms with E-state index in [1.807, 2.05) is 54.4 Å². The maximum absolute atomic E-state index is 10.9. The van der Waals surface area contributed by atoms with Crippen molar-refractivity contribution in [2.75, 3.05) is 25.1 Å². The van der Waals surface area contributed by atoms with Gasteiger partial charge in [0.15, 0.2) is 0 Å². The van der Waals surface area contributed by atoms with Gasteiger partial charge in [0.1, 0.15) is 6.61 Å². The monoisotopic (exact) mass is 416 g/mol. The second-order valence-electron chi connectivity index (χ2n) is 7.33. The molecule has 0 spiro atoms. The van der Waals surface area contributed by atoms with Crippen LogP contribution in [0.15, 0.2) is 84.0 Å². The van der Waals surface area contributed by atoms with Crippen molar-refractivity contribution >= 4 is 17.4 Å². The van der Waals surface area contributed by atoms with E-state index in [1.165, 1.54) is 11.1 Å². The van der Waals surface area contributed by atoms with Crippen molar-refractivity contribution in [3.63, 3.8) is 0 Å². The molecule has 31 heavy (non-hydrogen) atoms. The lowest BCUT2D eigenvalue weighted by Crippen LogP contribution is -2.22. The molecule has 160 valence electrons. The van der Waals surface area contributed by atoms with Gasteiger partial charge in [-0.15, -0.1) is 0 Å². The summed E-state index contributed by atoms with van der Waals surface area (Å²) in [5.41, 5.74) is 6.06. The smallest absolute Gasteiger partial charge is 0.307 e. The second kappa shape index (κ2) is 11.0. The molecule has 3 aromatic rings. The van der Waals surface area contributed by atoms with E-state index in [9.17, 15) is 4.79 Å². The Hall–Kier alpha value is -3.60. The predicted octanol–water partition coefficient (Wildman–Crippen LogP) is 5.25. The fourth-order valence-corrected chi connectivity index (χ4v) is 3.32. The van der Waals surface area contributed by atoms with E-state index in [1.54, 1.807) is 0 Å². The zero-order valence-electron chi connectivity index (χ0n) is 18.0. The number of likely N-dealkylation sites (N-methyl/N-ethyl adjacent to an activating group) is 1. The van der Waals surface area contributed by atoms with E-state index in [0.29, 0.717) is 13.2 Å². The third kappa shape index (κ3) is 6.44. The number of carbonyl (C=O) groups is 1. The molecule has 0 radical (unpaired) electrons. The van der Waals surface area contributed by atoms with Crippen LogP contribution in [0.2, 0.25) is 0 Å². The summed E-state index contributed by atoms with van der Waals surface area (Å²) >= 11 is 0. The SMILES string of the molecule is CCC(=NOCCN(C)c1cccc(CC(=O)O)c1)c1ccc(-c2ccccc2)cc1. The summed E-state index contributed by atoms with van der Waals surface area (Å²) in [4.78, 5) is 18.5. The summed E-state index contributed by atoms with van der Waals surface area (Å²) in [6.45, 7) is 3.14. The van der Waals surface area contributed by atoms with Gasteiger partial charge in [0.05, 0.1) is 18.7 Å². The number of anilines is 1. The molecular formula is C26H28N2O3. The summed E-state index contributed by atoms with van der Waals surface area (Å²) in [5.74, 6) is -0.832. The van der Waals surface area contributed by atoms with Gasteiger partial charge in [0.2, 0.25) is 0 Å². The van der Waals surface area contributed by atoms with E-state index in [0.717, 1.165) is 28.9 Å². The highest BCUT2D eigenvalue weighted by Gasteiger charge is 2.06. The lowest BCUT2D eigenvalue weighted by Gasteiger charge is -2.19. The molecule has 0 fully saturated rings. The normalized spacial score (nSPS) is 11.2. The van der Waals surface area contributed by atoms with Gasteiger partial charge in [0, 0.05) is 12.7 Å². The molecule has 5 nitrogen and oxygen atoms in total. The van der Waals surface area contributed by atoms with Crippen molar-refractivity contribution in [2.24, 2.45) is 5.16 Å². The van der Waals surface area contributed by atoms with Gasteiger partial charge in [-0.25, -0.2) is 0 Å². The van der Waals surface area contributed by atoms with Crippen molar-refractivity contribution in [3.05, 3.63) is 90.0 Å². The van der Waals surface area contributed by atoms with Crippen LogP contribution < -0.4 is 4.90 Å². The van der Waals surface area contributed by atoms with Gasteiger partial charge in [0.25, 0.3) is 0 Å². The van der Waals surface area contributed by atoms with Crippen LogP contribution in [0.4, 0.5) is 5.69 Å². The molecule has 0 aliphatic carbocycles. The predicted molar refractivity (Wildman–Crippen MR) is 126 cm³/mol. The molecule has 0 atom stereocenters. The van der Waals surface area contributed by atoms with Gasteiger partial charge < -0.3 is 14.8 Å². The first-order valence-corrected chi connectivity index (χ1v) is 10.4. The number of hydrogen-bond acceptors (Lipinski definition) is 4. The van der Waals surface area contributed by atoms with E-state index in [4.69, 9.17) is 9.94 Å².